The fraction of sp³-hybridized carbons (Fsp3) is 0.280. The van der Waals surface area contributed by atoms with Crippen molar-refractivity contribution >= 4 is 29.0 Å². The molecule has 0 bridgehead atoms. The van der Waals surface area contributed by atoms with Gasteiger partial charge >= 0.3 is 6.18 Å². The zero-order chi connectivity index (χ0) is 25.3. The minimum Gasteiger partial charge on any atom is -0.356 e. The van der Waals surface area contributed by atoms with Crippen molar-refractivity contribution in [3.05, 3.63) is 71.7 Å². The molecule has 4 aromatic rings. The molecule has 0 radical (unpaired) electrons. The summed E-state index contributed by atoms with van der Waals surface area (Å²) in [5.41, 5.74) is 5.12. The Morgan fingerprint density at radius 3 is 2.50 bits per heavy atom. The fourth-order valence-corrected chi connectivity index (χ4v) is 4.46. The van der Waals surface area contributed by atoms with Crippen molar-refractivity contribution in [2.24, 2.45) is 5.10 Å². The largest absolute Gasteiger partial charge is 0.449 e. The minimum atomic E-state index is -4.70. The van der Waals surface area contributed by atoms with Crippen LogP contribution in [0, 0.1) is 6.92 Å². The molecular formula is C25H24F3N7O. The van der Waals surface area contributed by atoms with Gasteiger partial charge in [0.15, 0.2) is 0 Å². The predicted octanol–water partition coefficient (Wildman–Crippen LogP) is 4.30. The molecule has 5 rings (SSSR count). The van der Waals surface area contributed by atoms with Crippen molar-refractivity contribution in [3.8, 4) is 5.69 Å². The lowest BCUT2D eigenvalue weighted by molar-refractivity contribution is -0.147. The number of aromatic nitrogens is 4. The van der Waals surface area contributed by atoms with Gasteiger partial charge in [-0.3, -0.25) is 4.79 Å². The summed E-state index contributed by atoms with van der Waals surface area (Å²) in [6, 6.07) is 15.9. The van der Waals surface area contributed by atoms with Gasteiger partial charge in [-0.1, -0.05) is 30.3 Å². The maximum Gasteiger partial charge on any atom is 0.449 e. The molecule has 1 N–H and O–H groups in total. The second-order valence-electron chi connectivity index (χ2n) is 8.57. The normalized spacial score (nSPS) is 14.3. The Morgan fingerprint density at radius 2 is 1.78 bits per heavy atom. The Bertz CT molecular complexity index is 1420. The van der Waals surface area contributed by atoms with Gasteiger partial charge in [-0.2, -0.15) is 23.4 Å². The molecule has 1 saturated heterocycles. The summed E-state index contributed by atoms with van der Waals surface area (Å²) < 4.78 is 43.3. The van der Waals surface area contributed by atoms with Gasteiger partial charge in [0.25, 0.3) is 5.91 Å². The van der Waals surface area contributed by atoms with Gasteiger partial charge in [-0.25, -0.2) is 15.1 Å². The van der Waals surface area contributed by atoms with Gasteiger partial charge in [0, 0.05) is 13.1 Å². The summed E-state index contributed by atoms with van der Waals surface area (Å²) in [6.07, 6.45) is -1.07. The molecule has 1 amide bonds. The van der Waals surface area contributed by atoms with Crippen LogP contribution in [0.1, 0.15) is 29.9 Å². The number of nitrogens with zero attached hydrogens (tertiary/aromatic N) is 6. The van der Waals surface area contributed by atoms with E-state index in [0.717, 1.165) is 53.3 Å². The quantitative estimate of drug-likeness (QED) is 0.320. The van der Waals surface area contributed by atoms with Gasteiger partial charge in [-0.05, 0) is 44.0 Å². The lowest BCUT2D eigenvalue weighted by Crippen LogP contribution is -2.26. The lowest BCUT2D eigenvalue weighted by atomic mass is 10.2. The molecule has 1 aliphatic heterocycles. The van der Waals surface area contributed by atoms with Gasteiger partial charge < -0.3 is 9.47 Å². The summed E-state index contributed by atoms with van der Waals surface area (Å²) in [4.78, 5) is 18.5. The van der Waals surface area contributed by atoms with Crippen molar-refractivity contribution in [2.75, 3.05) is 18.0 Å². The first-order valence-corrected chi connectivity index (χ1v) is 11.6. The third kappa shape index (κ3) is 4.56. The number of benzene rings is 2. The van der Waals surface area contributed by atoms with Crippen LogP contribution in [0.3, 0.4) is 0 Å². The maximum atomic E-state index is 13.5. The van der Waals surface area contributed by atoms with Crippen molar-refractivity contribution in [1.82, 2.24) is 24.8 Å². The number of rotatable bonds is 6. The molecule has 1 fully saturated rings. The van der Waals surface area contributed by atoms with Crippen LogP contribution in [0.15, 0.2) is 59.7 Å². The van der Waals surface area contributed by atoms with Gasteiger partial charge in [0.2, 0.25) is 5.82 Å². The second-order valence-corrected chi connectivity index (χ2v) is 8.57. The van der Waals surface area contributed by atoms with Gasteiger partial charge in [0.1, 0.15) is 12.4 Å². The molecule has 11 heteroatoms. The van der Waals surface area contributed by atoms with Gasteiger partial charge in [-0.15, -0.1) is 0 Å². The Labute approximate surface area is 205 Å². The molecule has 36 heavy (non-hydrogen) atoms. The molecule has 3 heterocycles. The van der Waals surface area contributed by atoms with Crippen molar-refractivity contribution in [1.29, 1.82) is 0 Å². The van der Waals surface area contributed by atoms with Crippen molar-refractivity contribution in [2.45, 2.75) is 32.5 Å². The number of carbonyl (C=O) groups is 1. The number of anilines is 1. The summed E-state index contributed by atoms with van der Waals surface area (Å²) in [5.74, 6) is -0.955. The molecule has 0 saturated carbocycles. The molecule has 8 nitrogen and oxygen atoms in total. The number of para-hydroxylation sites is 3. The van der Waals surface area contributed by atoms with E-state index in [2.05, 4.69) is 20.4 Å². The number of alkyl halides is 3. The van der Waals surface area contributed by atoms with E-state index in [1.807, 2.05) is 41.9 Å². The number of hydrogen-bond donors (Lipinski definition) is 1. The van der Waals surface area contributed by atoms with E-state index in [1.54, 1.807) is 12.1 Å². The average Bonchev–Trinajstić information content (AvgIpc) is 3.58. The highest BCUT2D eigenvalue weighted by Crippen LogP contribution is 2.31. The molecule has 0 aliphatic carbocycles. The number of aryl methyl sites for hydroxylation is 1. The van der Waals surface area contributed by atoms with E-state index in [4.69, 9.17) is 5.10 Å². The highest BCUT2D eigenvalue weighted by molar-refractivity contribution is 5.90. The zero-order valence-corrected chi connectivity index (χ0v) is 19.5. The lowest BCUT2D eigenvalue weighted by Gasteiger charge is -2.20. The average molecular weight is 496 g/mol. The second kappa shape index (κ2) is 9.48. The Hall–Kier alpha value is -4.15. The molecule has 0 atom stereocenters. The third-order valence-corrected chi connectivity index (χ3v) is 6.08. The number of fused-ring (bicyclic) bond motifs is 1. The summed E-state index contributed by atoms with van der Waals surface area (Å²) in [5, 5.41) is 8.76. The van der Waals surface area contributed by atoms with Crippen LogP contribution in [0.4, 0.5) is 19.0 Å². The maximum absolute atomic E-state index is 13.5. The van der Waals surface area contributed by atoms with Crippen LogP contribution in [0.5, 0.6) is 0 Å². The number of halogens is 3. The van der Waals surface area contributed by atoms with Crippen molar-refractivity contribution in [3.63, 3.8) is 0 Å². The number of hydrazone groups is 1. The topological polar surface area (TPSA) is 80.3 Å². The summed E-state index contributed by atoms with van der Waals surface area (Å²) in [7, 11) is 0. The minimum absolute atomic E-state index is 0.167. The van der Waals surface area contributed by atoms with Crippen LogP contribution in [0.25, 0.3) is 16.7 Å². The predicted molar refractivity (Wildman–Crippen MR) is 130 cm³/mol. The van der Waals surface area contributed by atoms with Gasteiger partial charge in [0.05, 0.1) is 34.2 Å². The van der Waals surface area contributed by atoms with E-state index < -0.39 is 24.5 Å². The standard InChI is InChI=1S/C25H24F3N7O/c1-17-19(23(33-13-7-8-14-33)35(32-17)18-9-3-2-4-10-18)15-29-31-22(36)16-34-21-12-6-5-11-20(21)30-24(34)25(26,27)28/h2-6,9-12,15H,7-8,13-14,16H2,1H3,(H,31,36). The molecule has 1 aliphatic rings. The van der Waals surface area contributed by atoms with Crippen LogP contribution < -0.4 is 10.3 Å². The fourth-order valence-electron chi connectivity index (χ4n) is 4.46. The van der Waals surface area contributed by atoms with E-state index in [0.29, 0.717) is 0 Å². The highest BCUT2D eigenvalue weighted by Gasteiger charge is 2.38. The zero-order valence-electron chi connectivity index (χ0n) is 19.5. The number of imidazole rings is 1. The molecule has 0 unspecified atom stereocenters. The number of nitrogens with one attached hydrogen (secondary N) is 1. The van der Waals surface area contributed by atoms with E-state index >= 15 is 0 Å². The van der Waals surface area contributed by atoms with Crippen LogP contribution >= 0.6 is 0 Å². The first kappa shape index (κ1) is 23.6. The molecular weight excluding hydrogens is 471 g/mol. The highest BCUT2D eigenvalue weighted by atomic mass is 19.4. The summed E-state index contributed by atoms with van der Waals surface area (Å²) >= 11 is 0. The molecule has 0 spiro atoms. The first-order chi connectivity index (χ1) is 17.3. The van der Waals surface area contributed by atoms with E-state index in [1.165, 1.54) is 18.3 Å². The molecule has 186 valence electrons. The number of carbonyl (C=O) groups excluding carboxylic acids is 1. The van der Waals surface area contributed by atoms with Crippen LogP contribution in [-0.4, -0.2) is 44.5 Å². The van der Waals surface area contributed by atoms with E-state index in [-0.39, 0.29) is 11.0 Å². The third-order valence-electron chi connectivity index (χ3n) is 6.08. The summed E-state index contributed by atoms with van der Waals surface area (Å²) in [6.45, 7) is 3.03. The van der Waals surface area contributed by atoms with E-state index in [9.17, 15) is 18.0 Å². The number of amides is 1. The monoisotopic (exact) mass is 495 g/mol. The molecule has 2 aromatic carbocycles. The van der Waals surface area contributed by atoms with Crippen LogP contribution in [-0.2, 0) is 17.5 Å². The molecule has 2 aromatic heterocycles. The first-order valence-electron chi connectivity index (χ1n) is 11.6. The Morgan fingerprint density at radius 1 is 1.08 bits per heavy atom. The van der Waals surface area contributed by atoms with Crippen LogP contribution in [0.2, 0.25) is 0 Å². The number of hydrogen-bond acceptors (Lipinski definition) is 5. The smallest absolute Gasteiger partial charge is 0.356 e. The SMILES string of the molecule is Cc1nn(-c2ccccc2)c(N2CCCC2)c1C=NNC(=O)Cn1c(C(F)(F)F)nc2ccccc21. The Kier molecular flexibility index (Phi) is 6.21. The van der Waals surface area contributed by atoms with Crippen molar-refractivity contribution < 1.29 is 18.0 Å². The Balaban J connectivity index is 1.40.